The van der Waals surface area contributed by atoms with E-state index in [1.807, 2.05) is 0 Å². The van der Waals surface area contributed by atoms with E-state index < -0.39 is 113 Å². The first-order valence-electron chi connectivity index (χ1n) is 13.7. The fourth-order valence-corrected chi connectivity index (χ4v) is 7.88. The zero-order chi connectivity index (χ0) is 32.4. The molecule has 0 aromatic carbocycles. The predicted molar refractivity (Wildman–Crippen MR) is 141 cm³/mol. The Morgan fingerprint density at radius 3 is 2.00 bits per heavy atom. The van der Waals surface area contributed by atoms with E-state index in [0.29, 0.717) is 0 Å². The van der Waals surface area contributed by atoms with Gasteiger partial charge >= 0.3 is 35.8 Å². The van der Waals surface area contributed by atoms with Gasteiger partial charge in [-0.15, -0.1) is 11.6 Å². The van der Waals surface area contributed by atoms with Crippen molar-refractivity contribution in [3.8, 4) is 0 Å². The first-order chi connectivity index (χ1) is 19.8. The van der Waals surface area contributed by atoms with Gasteiger partial charge < -0.3 is 38.6 Å². The summed E-state index contributed by atoms with van der Waals surface area (Å²) in [4.78, 5) is 76.5. The van der Waals surface area contributed by atoms with Crippen molar-refractivity contribution in [2.45, 2.75) is 108 Å². The molecule has 4 fully saturated rings. The number of alkyl halides is 1. The number of ether oxygens (including phenoxy) is 6. The molecule has 14 nitrogen and oxygen atoms in total. The Bertz CT molecular complexity index is 1270. The second-order valence-electron chi connectivity index (χ2n) is 11.8. The van der Waals surface area contributed by atoms with Gasteiger partial charge in [0, 0.05) is 27.7 Å². The van der Waals surface area contributed by atoms with Gasteiger partial charge in [0.1, 0.15) is 18.3 Å². The fourth-order valence-electron chi connectivity index (χ4n) is 7.50. The highest BCUT2D eigenvalue weighted by Crippen LogP contribution is 2.62. The van der Waals surface area contributed by atoms with Crippen LogP contribution in [0.1, 0.15) is 54.4 Å². The number of halogens is 1. The molecule has 0 amide bonds. The number of rotatable bonds is 5. The summed E-state index contributed by atoms with van der Waals surface area (Å²) < 4.78 is 35.1. The molecule has 0 radical (unpaired) electrons. The maximum absolute atomic E-state index is 13.2. The Morgan fingerprint density at radius 2 is 1.49 bits per heavy atom. The number of hydrogen-bond acceptors (Lipinski definition) is 13. The monoisotopic (exact) mass is 630 g/mol. The minimum atomic E-state index is -2.78. The molecule has 238 valence electrons. The fraction of sp³-hybridized carbons (Fsp3) is 0.714. The molecule has 2 N–H and O–H groups in total. The van der Waals surface area contributed by atoms with E-state index in [-0.39, 0.29) is 12.0 Å². The number of hydrogen-bond donors (Lipinski definition) is 2. The zero-order valence-corrected chi connectivity index (χ0v) is 25.2. The van der Waals surface area contributed by atoms with Crippen LogP contribution in [0.2, 0.25) is 0 Å². The Labute approximate surface area is 251 Å². The highest BCUT2D eigenvalue weighted by atomic mass is 35.5. The van der Waals surface area contributed by atoms with Crippen LogP contribution in [0.25, 0.3) is 0 Å². The van der Waals surface area contributed by atoms with E-state index in [4.69, 9.17) is 40.0 Å². The number of aliphatic hydroxyl groups is 1. The molecular formula is C28H35ClO14. The summed E-state index contributed by atoms with van der Waals surface area (Å²) in [6.45, 7) is 11.0. The summed E-state index contributed by atoms with van der Waals surface area (Å²) in [5.41, 5.74) is -6.81. The molecule has 0 aromatic heterocycles. The van der Waals surface area contributed by atoms with Crippen LogP contribution >= 0.6 is 11.6 Å². The van der Waals surface area contributed by atoms with Crippen molar-refractivity contribution in [3.05, 3.63) is 12.2 Å². The Kier molecular flexibility index (Phi) is 8.39. The molecule has 12 atom stereocenters. The highest BCUT2D eigenvalue weighted by molar-refractivity contribution is 6.23. The minimum Gasteiger partial charge on any atom is -0.479 e. The molecule has 15 heteroatoms. The Hall–Kier alpha value is -3.23. The van der Waals surface area contributed by atoms with E-state index >= 15 is 0 Å². The van der Waals surface area contributed by atoms with E-state index in [0.717, 1.165) is 27.7 Å². The zero-order valence-electron chi connectivity index (χ0n) is 24.5. The second kappa shape index (κ2) is 11.0. The van der Waals surface area contributed by atoms with Gasteiger partial charge in [-0.3, -0.25) is 24.0 Å². The molecular weight excluding hydrogens is 596 g/mol. The Morgan fingerprint density at radius 1 is 0.953 bits per heavy atom. The van der Waals surface area contributed by atoms with E-state index in [1.165, 1.54) is 13.8 Å². The molecule has 4 rings (SSSR count). The summed E-state index contributed by atoms with van der Waals surface area (Å²) >= 11 is 6.83. The second-order valence-corrected chi connectivity index (χ2v) is 12.3. The van der Waals surface area contributed by atoms with E-state index in [2.05, 4.69) is 6.58 Å². The lowest BCUT2D eigenvalue weighted by atomic mass is 9.50. The van der Waals surface area contributed by atoms with Gasteiger partial charge in [0.15, 0.2) is 29.5 Å². The number of fused-ring (bicyclic) bond motifs is 2. The van der Waals surface area contributed by atoms with Crippen LogP contribution in [0.4, 0.5) is 0 Å². The van der Waals surface area contributed by atoms with Crippen LogP contribution in [-0.4, -0.2) is 99.2 Å². The topological polar surface area (TPSA) is 198 Å². The van der Waals surface area contributed by atoms with Crippen molar-refractivity contribution in [1.29, 1.82) is 0 Å². The lowest BCUT2D eigenvalue weighted by molar-refractivity contribution is -0.322. The molecule has 2 bridgehead atoms. The van der Waals surface area contributed by atoms with Crippen LogP contribution in [-0.2, 0) is 57.2 Å². The van der Waals surface area contributed by atoms with Gasteiger partial charge in [-0.25, -0.2) is 4.79 Å². The molecule has 4 aliphatic rings. The van der Waals surface area contributed by atoms with Gasteiger partial charge in [0.05, 0.1) is 22.6 Å². The van der Waals surface area contributed by atoms with Gasteiger partial charge in [0.25, 0.3) is 0 Å². The molecule has 1 spiro atoms. The molecule has 3 saturated heterocycles. The van der Waals surface area contributed by atoms with Crippen LogP contribution < -0.4 is 0 Å². The van der Waals surface area contributed by atoms with Crippen molar-refractivity contribution in [1.82, 2.24) is 0 Å². The van der Waals surface area contributed by atoms with Gasteiger partial charge in [-0.2, -0.15) is 0 Å². The molecule has 43 heavy (non-hydrogen) atoms. The minimum absolute atomic E-state index is 0.0459. The number of carboxylic acid groups (broad SMARTS) is 1. The molecule has 3 aliphatic heterocycles. The third kappa shape index (κ3) is 4.87. The third-order valence-corrected chi connectivity index (χ3v) is 9.73. The molecule has 0 unspecified atom stereocenters. The summed E-state index contributed by atoms with van der Waals surface area (Å²) in [5.74, 6) is -9.27. The third-order valence-electron chi connectivity index (χ3n) is 9.22. The quantitative estimate of drug-likeness (QED) is 0.187. The van der Waals surface area contributed by atoms with Crippen LogP contribution in [0.15, 0.2) is 12.2 Å². The Balaban J connectivity index is 2.20. The SMILES string of the molecule is C=C1[C@H]2O[C@]3([C@@H](C)C(=O)O[C@H]3[C@H]1Cl)[C@@H](OC(C)=O)[C@@H]1[C@](C)([C@@H](OC(C)=O)CC[C@]1(O)C(=O)O)[C@@H](OC(C)=O)[C@@H]2OC(C)=O. The summed E-state index contributed by atoms with van der Waals surface area (Å²) in [6, 6.07) is 0. The lowest BCUT2D eigenvalue weighted by Crippen LogP contribution is -2.79. The molecule has 3 heterocycles. The highest BCUT2D eigenvalue weighted by Gasteiger charge is 2.79. The van der Waals surface area contributed by atoms with E-state index in [9.17, 15) is 39.0 Å². The van der Waals surface area contributed by atoms with Crippen LogP contribution in [0, 0.1) is 17.3 Å². The van der Waals surface area contributed by atoms with Gasteiger partial charge in [-0.05, 0) is 25.3 Å². The maximum atomic E-state index is 13.2. The average Bonchev–Trinajstić information content (AvgIpc) is 3.14. The summed E-state index contributed by atoms with van der Waals surface area (Å²) in [6.07, 6.45) is -10.2. The first-order valence-corrected chi connectivity index (χ1v) is 14.1. The smallest absolute Gasteiger partial charge is 0.336 e. The van der Waals surface area contributed by atoms with Crippen LogP contribution in [0.5, 0.6) is 0 Å². The normalized spacial score (nSPS) is 43.5. The summed E-state index contributed by atoms with van der Waals surface area (Å²) in [5, 5.41) is 21.3. The van der Waals surface area contributed by atoms with Crippen molar-refractivity contribution in [2.24, 2.45) is 17.3 Å². The first kappa shape index (κ1) is 32.7. The van der Waals surface area contributed by atoms with Gasteiger partial charge in [-0.1, -0.05) is 13.5 Å². The number of carbonyl (C=O) groups is 6. The van der Waals surface area contributed by atoms with Gasteiger partial charge in [0.2, 0.25) is 0 Å². The number of carboxylic acids is 1. The van der Waals surface area contributed by atoms with E-state index in [1.54, 1.807) is 0 Å². The largest absolute Gasteiger partial charge is 0.479 e. The number of esters is 5. The number of aliphatic carboxylic acids is 1. The standard InChI is InChI=1S/C28H35ClO14/c1-10-17(29)21-28(11(2)24(34)42-21)23(41-15(6)33)20-26(7,16(38-12(3)30)8-9-27(20,37)25(35)36)22(40-14(5)32)19(18(10)43-28)39-13(4)31/h11,16-23,37H,1,8-9H2,2-7H3,(H,35,36)/t11-,16-,17-,18+,19+,20+,21-,22-,23-,26-,27+,28-/m0/s1. The number of carbonyl (C=O) groups excluding carboxylic acids is 5. The van der Waals surface area contributed by atoms with Crippen molar-refractivity contribution in [2.75, 3.05) is 0 Å². The molecule has 1 saturated carbocycles. The summed E-state index contributed by atoms with van der Waals surface area (Å²) in [7, 11) is 0. The van der Waals surface area contributed by atoms with Crippen molar-refractivity contribution < 1.29 is 67.4 Å². The predicted octanol–water partition coefficient (Wildman–Crippen LogP) is 0.822. The average molecular weight is 631 g/mol. The van der Waals surface area contributed by atoms with Crippen molar-refractivity contribution in [3.63, 3.8) is 0 Å². The lowest BCUT2D eigenvalue weighted by Gasteiger charge is -2.63. The molecule has 1 aliphatic carbocycles. The van der Waals surface area contributed by atoms with Crippen LogP contribution in [0.3, 0.4) is 0 Å². The van der Waals surface area contributed by atoms with Crippen molar-refractivity contribution >= 4 is 47.4 Å². The maximum Gasteiger partial charge on any atom is 0.336 e. The molecule has 0 aromatic rings.